The lowest BCUT2D eigenvalue weighted by Gasteiger charge is -2.29. The lowest BCUT2D eigenvalue weighted by molar-refractivity contribution is -0.0272. The summed E-state index contributed by atoms with van der Waals surface area (Å²) in [5, 5.41) is 0. The van der Waals surface area contributed by atoms with E-state index in [0.29, 0.717) is 0 Å². The molecule has 1 amide bonds. The number of imidazole rings is 1. The molecule has 0 bridgehead atoms. The quantitative estimate of drug-likeness (QED) is 0.275. The maximum atomic E-state index is 13.5. The van der Waals surface area contributed by atoms with Crippen molar-refractivity contribution in [2.24, 2.45) is 0 Å². The summed E-state index contributed by atoms with van der Waals surface area (Å²) >= 11 is 0. The lowest BCUT2D eigenvalue weighted by Crippen LogP contribution is -2.39. The zero-order valence-corrected chi connectivity index (χ0v) is 22.4. The van der Waals surface area contributed by atoms with Crippen LogP contribution < -0.4 is 11.4 Å². The highest BCUT2D eigenvalue weighted by Crippen LogP contribution is 2.38. The molecule has 0 unspecified atom stereocenters. The second-order valence-electron chi connectivity index (χ2n) is 10.4. The molecule has 2 N–H and O–H groups in total. The molecule has 13 heteroatoms. The topological polar surface area (TPSA) is 165 Å². The van der Waals surface area contributed by atoms with E-state index in [1.165, 1.54) is 4.90 Å². The molecule has 4 aromatic rings. The van der Waals surface area contributed by atoms with Crippen molar-refractivity contribution < 1.29 is 28.6 Å². The maximum absolute atomic E-state index is 13.5. The van der Waals surface area contributed by atoms with Crippen LogP contribution in [0.4, 0.5) is 4.79 Å². The number of likely N-dealkylation sites (tertiary alicyclic amines) is 1. The fourth-order valence-electron chi connectivity index (χ4n) is 4.55. The fourth-order valence-corrected chi connectivity index (χ4v) is 4.55. The Kier molecular flexibility index (Phi) is 7.18. The molecule has 2 aromatic heterocycles. The van der Waals surface area contributed by atoms with Gasteiger partial charge in [0, 0.05) is 0 Å². The smallest absolute Gasteiger partial charge is 0.411 e. The van der Waals surface area contributed by atoms with Gasteiger partial charge in [0.15, 0.2) is 12.2 Å². The summed E-state index contributed by atoms with van der Waals surface area (Å²) in [5.41, 5.74) is -2.02. The molecule has 0 spiro atoms. The van der Waals surface area contributed by atoms with Gasteiger partial charge >= 0.3 is 29.4 Å². The van der Waals surface area contributed by atoms with Gasteiger partial charge in [-0.1, -0.05) is 36.4 Å². The zero-order valence-electron chi connectivity index (χ0n) is 22.4. The second kappa shape index (κ2) is 10.8. The minimum atomic E-state index is -1.30. The van der Waals surface area contributed by atoms with Crippen LogP contribution >= 0.6 is 0 Å². The van der Waals surface area contributed by atoms with Crippen molar-refractivity contribution >= 4 is 23.7 Å². The van der Waals surface area contributed by atoms with E-state index < -0.39 is 53.3 Å². The van der Waals surface area contributed by atoms with Crippen LogP contribution in [-0.4, -0.2) is 66.6 Å². The molecule has 0 radical (unpaired) electrons. The third-order valence-electron chi connectivity index (χ3n) is 6.29. The molecule has 0 aliphatic carbocycles. The number of hydrogen-bond acceptors (Lipinski definition) is 9. The Morgan fingerprint density at radius 3 is 2.05 bits per heavy atom. The first kappa shape index (κ1) is 27.4. The molecule has 13 nitrogen and oxygen atoms in total. The van der Waals surface area contributed by atoms with Crippen molar-refractivity contribution in [2.45, 2.75) is 44.6 Å². The first-order valence-corrected chi connectivity index (χ1v) is 12.7. The van der Waals surface area contributed by atoms with Crippen LogP contribution in [0.5, 0.6) is 0 Å². The molecule has 3 atom stereocenters. The Bertz CT molecular complexity index is 1700. The fraction of sp³-hybridized carbons (Fsp3) is 0.286. The largest absolute Gasteiger partial charge is 0.453 e. The van der Waals surface area contributed by atoms with Crippen LogP contribution in [0.2, 0.25) is 0 Å². The van der Waals surface area contributed by atoms with Crippen LogP contribution in [-0.2, 0) is 14.2 Å². The van der Waals surface area contributed by atoms with Gasteiger partial charge in [-0.25, -0.2) is 33.4 Å². The number of carbonyl (C=O) groups is 3. The number of benzene rings is 2. The number of H-pyrrole nitrogens is 2. The minimum Gasteiger partial charge on any atom is -0.453 e. The Labute approximate surface area is 232 Å². The number of ether oxygens (including phenoxy) is 3. The van der Waals surface area contributed by atoms with E-state index in [2.05, 4.69) is 15.0 Å². The van der Waals surface area contributed by atoms with E-state index in [1.54, 1.807) is 81.4 Å². The van der Waals surface area contributed by atoms with Crippen molar-refractivity contribution in [1.82, 2.24) is 24.3 Å². The molecule has 1 fully saturated rings. The second-order valence-corrected chi connectivity index (χ2v) is 10.4. The van der Waals surface area contributed by atoms with Gasteiger partial charge in [0.25, 0.3) is 0 Å². The molecule has 1 aliphatic heterocycles. The van der Waals surface area contributed by atoms with Crippen LogP contribution in [0.3, 0.4) is 0 Å². The van der Waals surface area contributed by atoms with E-state index in [9.17, 15) is 24.0 Å². The van der Waals surface area contributed by atoms with E-state index >= 15 is 0 Å². The number of hydrogen-bond donors (Lipinski definition) is 2. The van der Waals surface area contributed by atoms with E-state index in [-0.39, 0.29) is 29.0 Å². The van der Waals surface area contributed by atoms with Crippen molar-refractivity contribution in [3.63, 3.8) is 0 Å². The average Bonchev–Trinajstić information content (AvgIpc) is 3.50. The standard InChI is InChI=1S/C28H27N5O8/c1-28(2,3)41-27(38)32-14-18(39-23(34)16-10-6-4-7-11-16)21(40-24(35)17-12-8-5-9-13-17)20(32)19-22-30-25(36)31-26(37)33(22)15-29-19/h4-13,15,18,20-21H,14H2,1-3H3,(H2,30,31,36,37)/t18-,20+,21+/m0/s1. The number of fused-ring (bicyclic) bond motifs is 1. The molecule has 1 aliphatic rings. The van der Waals surface area contributed by atoms with E-state index in [4.69, 9.17) is 14.2 Å². The van der Waals surface area contributed by atoms with Gasteiger partial charge in [0.2, 0.25) is 0 Å². The third kappa shape index (κ3) is 5.73. The van der Waals surface area contributed by atoms with Crippen molar-refractivity contribution in [3.8, 4) is 0 Å². The number of nitrogens with one attached hydrogen (secondary N) is 2. The summed E-state index contributed by atoms with van der Waals surface area (Å²) in [4.78, 5) is 74.6. The summed E-state index contributed by atoms with van der Waals surface area (Å²) in [6, 6.07) is 15.1. The van der Waals surface area contributed by atoms with Crippen molar-refractivity contribution in [3.05, 3.63) is 105 Å². The van der Waals surface area contributed by atoms with Gasteiger partial charge in [-0.05, 0) is 45.0 Å². The molecule has 5 rings (SSSR count). The zero-order chi connectivity index (χ0) is 29.3. The SMILES string of the molecule is CC(C)(C)OC(=O)N1C[C@H](OC(=O)c2ccccc2)[C@@H](OC(=O)c2ccccc2)[C@H]1c1ncn2c(=O)[nH]c(=O)[nH]c12. The van der Waals surface area contributed by atoms with E-state index in [0.717, 1.165) is 10.7 Å². The number of rotatable bonds is 5. The van der Waals surface area contributed by atoms with Crippen molar-refractivity contribution in [1.29, 1.82) is 0 Å². The highest BCUT2D eigenvalue weighted by molar-refractivity contribution is 5.90. The van der Waals surface area contributed by atoms with Crippen LogP contribution in [0.15, 0.2) is 76.6 Å². The molecular formula is C28H27N5O8. The number of carbonyl (C=O) groups excluding carboxylic acids is 3. The van der Waals surface area contributed by atoms with Crippen LogP contribution in [0.1, 0.15) is 53.2 Å². The Hall–Kier alpha value is -5.20. The first-order chi connectivity index (χ1) is 19.5. The molecule has 1 saturated heterocycles. The van der Waals surface area contributed by atoms with Crippen molar-refractivity contribution in [2.75, 3.05) is 6.54 Å². The molecule has 0 saturated carbocycles. The molecular weight excluding hydrogens is 534 g/mol. The predicted octanol–water partition coefficient (Wildman–Crippen LogP) is 2.45. The number of amides is 1. The summed E-state index contributed by atoms with van der Waals surface area (Å²) in [6.07, 6.45) is -2.12. The Morgan fingerprint density at radius 2 is 1.46 bits per heavy atom. The van der Waals surface area contributed by atoms with Gasteiger partial charge in [-0.15, -0.1) is 0 Å². The molecule has 2 aromatic carbocycles. The summed E-state index contributed by atoms with van der Waals surface area (Å²) < 4.78 is 18.4. The summed E-state index contributed by atoms with van der Waals surface area (Å²) in [6.45, 7) is 4.80. The van der Waals surface area contributed by atoms with Gasteiger partial charge < -0.3 is 14.2 Å². The van der Waals surface area contributed by atoms with Gasteiger partial charge in [-0.2, -0.15) is 0 Å². The first-order valence-electron chi connectivity index (χ1n) is 12.7. The Balaban J connectivity index is 1.62. The maximum Gasteiger partial charge on any atom is 0.411 e. The number of esters is 2. The lowest BCUT2D eigenvalue weighted by atomic mass is 10.1. The number of aromatic nitrogens is 4. The number of aromatic amines is 2. The predicted molar refractivity (Wildman–Crippen MR) is 143 cm³/mol. The monoisotopic (exact) mass is 561 g/mol. The average molecular weight is 562 g/mol. The highest BCUT2D eigenvalue weighted by Gasteiger charge is 2.52. The third-order valence-corrected chi connectivity index (χ3v) is 6.29. The van der Waals surface area contributed by atoms with E-state index in [1.807, 2.05) is 0 Å². The van der Waals surface area contributed by atoms with Gasteiger partial charge in [0.05, 0.1) is 17.7 Å². The highest BCUT2D eigenvalue weighted by atomic mass is 16.6. The Morgan fingerprint density at radius 1 is 0.878 bits per heavy atom. The summed E-state index contributed by atoms with van der Waals surface area (Å²) in [7, 11) is 0. The van der Waals surface area contributed by atoms with Crippen LogP contribution in [0.25, 0.3) is 5.65 Å². The van der Waals surface area contributed by atoms with Gasteiger partial charge in [-0.3, -0.25) is 14.9 Å². The molecule has 3 heterocycles. The minimum absolute atomic E-state index is 0.0307. The summed E-state index contributed by atoms with van der Waals surface area (Å²) in [5.74, 6) is -1.46. The molecule has 212 valence electrons. The molecule has 41 heavy (non-hydrogen) atoms. The number of nitrogens with zero attached hydrogens (tertiary/aromatic N) is 3. The van der Waals surface area contributed by atoms with Crippen LogP contribution in [0, 0.1) is 0 Å². The normalized spacial score (nSPS) is 18.7. The van der Waals surface area contributed by atoms with Gasteiger partial charge in [0.1, 0.15) is 29.3 Å².